The average molecular weight is 896 g/mol. The molecule has 0 bridgehead atoms. The zero-order chi connectivity index (χ0) is 46.1. The van der Waals surface area contributed by atoms with E-state index in [1.54, 1.807) is 53.1 Å². The molecule has 0 aliphatic carbocycles. The van der Waals surface area contributed by atoms with Gasteiger partial charge >= 0.3 is 11.7 Å². The van der Waals surface area contributed by atoms with Crippen LogP contribution in [-0.4, -0.2) is 188 Å². The Morgan fingerprint density at radius 1 is 0.639 bits per heavy atom. The van der Waals surface area contributed by atoms with Crippen molar-refractivity contribution in [2.24, 2.45) is 40.4 Å². The fourth-order valence-corrected chi connectivity index (χ4v) is 6.35. The van der Waals surface area contributed by atoms with Crippen molar-refractivity contribution in [3.63, 3.8) is 0 Å². The predicted octanol–water partition coefficient (Wildman–Crippen LogP) is 4.10. The normalized spacial score (nSPS) is 20.0. The molecule has 0 atom stereocenters. The van der Waals surface area contributed by atoms with E-state index in [-0.39, 0.29) is 18.0 Å². The van der Waals surface area contributed by atoms with Crippen molar-refractivity contribution in [1.82, 2.24) is 53.9 Å². The molecule has 2 fully saturated rings. The van der Waals surface area contributed by atoms with Crippen LogP contribution in [0.4, 0.5) is 4.79 Å². The zero-order valence-corrected chi connectivity index (χ0v) is 41.2. The molecule has 8 heterocycles. The second kappa shape index (κ2) is 29.8. The number of nitrogens with zero attached hydrogens (tertiary/aromatic N) is 15. The number of likely N-dealkylation sites (N-methyl/N-ethyl adjacent to an activating group) is 2. The van der Waals surface area contributed by atoms with Gasteiger partial charge in [0.15, 0.2) is 13.0 Å². The van der Waals surface area contributed by atoms with Crippen molar-refractivity contribution >= 4 is 51.3 Å². The lowest BCUT2D eigenvalue weighted by molar-refractivity contribution is -0.187. The maximum atomic E-state index is 10.8. The summed E-state index contributed by atoms with van der Waals surface area (Å²) < 4.78 is 18.3. The van der Waals surface area contributed by atoms with Gasteiger partial charge in [0.25, 0.3) is 0 Å². The molecule has 2 aromatic rings. The van der Waals surface area contributed by atoms with Crippen LogP contribution in [0.25, 0.3) is 0 Å². The van der Waals surface area contributed by atoms with Gasteiger partial charge < -0.3 is 33.1 Å². The summed E-state index contributed by atoms with van der Waals surface area (Å²) >= 11 is 3.61. The minimum atomic E-state index is 0.0185. The van der Waals surface area contributed by atoms with Crippen LogP contribution in [0.5, 0.6) is 0 Å². The molecule has 20 nitrogen and oxygen atoms in total. The minimum absolute atomic E-state index is 0.0185. The standard InChI is InChI=1S/C6H12O2.C5H7N3.C5H10N2O.C5H8N2O.C5H10N2S.C5H10N2.C4H8N2O.C4H8N2S/c1-5-3-7-6(2)8-4-5;1-4-6-3-7-5(2)8-4;2*1-6-3-4-7(2)5(6)8;1-5-6-7(2)3-4-8-5;1-5-3-4-7(2)6-5;2*1-4-5-6(2)3-7-4/h5-6H,3-4H2,1-2H3;3H,1-2H3;3-4H2,1-2H3;3-4H,1-2H3;3-4H2,1-2H3;3-4H2,1-2H3;2*3H2,1-2H3. The van der Waals surface area contributed by atoms with Crippen molar-refractivity contribution in [3.05, 3.63) is 40.9 Å². The van der Waals surface area contributed by atoms with Crippen molar-refractivity contribution in [1.29, 1.82) is 0 Å². The molecule has 61 heavy (non-hydrogen) atoms. The third kappa shape index (κ3) is 25.8. The summed E-state index contributed by atoms with van der Waals surface area (Å²) in [7, 11) is 14.9. The third-order valence-corrected chi connectivity index (χ3v) is 10.2. The molecule has 6 aliphatic heterocycles. The summed E-state index contributed by atoms with van der Waals surface area (Å²) in [6.45, 7) is 21.9. The molecular formula is C39H73N15O5S2. The molecule has 6 aliphatic rings. The van der Waals surface area contributed by atoms with Gasteiger partial charge in [0, 0.05) is 126 Å². The molecule has 0 spiro atoms. The SMILES string of the molecule is CC1=NN(C)CC1.CC1=NN(C)CCS1.CC1=NN(C)CO1.CC1=NN(C)CS1.CC1COC(C)OC1.CN1CCN(C)C1=O.Cc1ncnc(C)n1.Cn1ccn(C)c1=O. The second-order valence-corrected chi connectivity index (χ2v) is 17.2. The number of urea groups is 1. The monoisotopic (exact) mass is 896 g/mol. The van der Waals surface area contributed by atoms with Crippen molar-refractivity contribution in [2.75, 3.05) is 100 Å². The molecule has 22 heteroatoms. The van der Waals surface area contributed by atoms with Gasteiger partial charge in [-0.15, -0.1) is 16.9 Å². The fourth-order valence-electron chi connectivity index (χ4n) is 4.87. The summed E-state index contributed by atoms with van der Waals surface area (Å²) in [4.78, 5) is 36.5. The molecule has 2 aromatic heterocycles. The number of thioether (sulfide) groups is 2. The van der Waals surface area contributed by atoms with Crippen LogP contribution < -0.4 is 5.69 Å². The Bertz CT molecular complexity index is 1620. The Hall–Kier alpha value is -4.41. The molecular weight excluding hydrogens is 823 g/mol. The van der Waals surface area contributed by atoms with Crippen LogP contribution in [-0.2, 0) is 28.3 Å². The number of imidazole rings is 1. The van der Waals surface area contributed by atoms with Gasteiger partial charge in [-0.25, -0.2) is 24.5 Å². The number of aromatic nitrogens is 5. The highest BCUT2D eigenvalue weighted by Gasteiger charge is 2.20. The largest absolute Gasteiger partial charge is 0.457 e. The van der Waals surface area contributed by atoms with Crippen LogP contribution in [0.1, 0.15) is 59.6 Å². The zero-order valence-electron chi connectivity index (χ0n) is 39.5. The van der Waals surface area contributed by atoms with Crippen LogP contribution in [0.3, 0.4) is 0 Å². The fraction of sp³-hybridized carbons (Fsp3) is 0.718. The van der Waals surface area contributed by atoms with E-state index in [4.69, 9.17) is 14.2 Å². The van der Waals surface area contributed by atoms with Crippen LogP contribution in [0.2, 0.25) is 0 Å². The lowest BCUT2D eigenvalue weighted by Crippen LogP contribution is -2.27. The smallest absolute Gasteiger partial charge is 0.327 e. The molecule has 0 saturated carbocycles. The van der Waals surface area contributed by atoms with Gasteiger partial charge in [-0.05, 0) is 41.5 Å². The maximum Gasteiger partial charge on any atom is 0.327 e. The van der Waals surface area contributed by atoms with Crippen molar-refractivity contribution < 1.29 is 19.0 Å². The van der Waals surface area contributed by atoms with Crippen LogP contribution in [0, 0.1) is 19.8 Å². The van der Waals surface area contributed by atoms with E-state index < -0.39 is 0 Å². The van der Waals surface area contributed by atoms with E-state index in [2.05, 4.69) is 49.2 Å². The third-order valence-electron chi connectivity index (χ3n) is 8.30. The van der Waals surface area contributed by atoms with Crippen LogP contribution >= 0.6 is 23.5 Å². The maximum absolute atomic E-state index is 10.8. The number of ether oxygens (including phenoxy) is 3. The number of rotatable bonds is 0. The van der Waals surface area contributed by atoms with Gasteiger partial charge in [-0.2, -0.15) is 15.3 Å². The first-order valence-corrected chi connectivity index (χ1v) is 22.1. The summed E-state index contributed by atoms with van der Waals surface area (Å²) in [5, 5.41) is 26.3. The first-order valence-electron chi connectivity index (χ1n) is 20.1. The first kappa shape index (κ1) is 54.6. The van der Waals surface area contributed by atoms with Gasteiger partial charge in [0.2, 0.25) is 5.90 Å². The number of aryl methyl sites for hydroxylation is 4. The quantitative estimate of drug-likeness (QED) is 0.369. The summed E-state index contributed by atoms with van der Waals surface area (Å²) in [6, 6.07) is 0.130. The number of carbonyl (C=O) groups is 1. The number of carbonyl (C=O) groups excluding carboxylic acids is 1. The van der Waals surface area contributed by atoms with E-state index in [1.165, 1.54) is 37.0 Å². The van der Waals surface area contributed by atoms with Gasteiger partial charge in [-0.3, -0.25) is 20.0 Å². The van der Waals surface area contributed by atoms with E-state index in [0.717, 1.165) is 69.2 Å². The Labute approximate surface area is 372 Å². The van der Waals surface area contributed by atoms with Crippen molar-refractivity contribution in [2.45, 2.75) is 68.1 Å². The molecule has 0 aromatic carbocycles. The highest BCUT2D eigenvalue weighted by atomic mass is 32.2. The van der Waals surface area contributed by atoms with Gasteiger partial charge in [0.1, 0.15) is 18.0 Å². The highest BCUT2D eigenvalue weighted by molar-refractivity contribution is 8.14. The lowest BCUT2D eigenvalue weighted by Gasteiger charge is -2.24. The van der Waals surface area contributed by atoms with Gasteiger partial charge in [0.05, 0.1) is 29.2 Å². The van der Waals surface area contributed by atoms with Crippen LogP contribution in [0.15, 0.2) is 43.9 Å². The Morgan fingerprint density at radius 2 is 1.16 bits per heavy atom. The summed E-state index contributed by atoms with van der Waals surface area (Å²) in [5.41, 5.74) is 1.27. The summed E-state index contributed by atoms with van der Waals surface area (Å²) in [6.07, 6.45) is 6.13. The topological polar surface area (TPSA) is 179 Å². The van der Waals surface area contributed by atoms with E-state index in [9.17, 15) is 9.59 Å². The second-order valence-electron chi connectivity index (χ2n) is 14.8. The molecule has 0 unspecified atom stereocenters. The Balaban J connectivity index is 0.000000349. The highest BCUT2D eigenvalue weighted by Crippen LogP contribution is 2.13. The first-order chi connectivity index (χ1) is 28.7. The van der Waals surface area contributed by atoms with E-state index >= 15 is 0 Å². The molecule has 346 valence electrons. The number of hydrogen-bond acceptors (Lipinski definition) is 18. The van der Waals surface area contributed by atoms with Crippen molar-refractivity contribution in [3.8, 4) is 0 Å². The summed E-state index contributed by atoms with van der Waals surface area (Å²) in [5.74, 6) is 5.08. The average Bonchev–Trinajstić information content (AvgIpc) is 4.02. The number of amides is 2. The number of hydrazone groups is 4. The predicted molar refractivity (Wildman–Crippen MR) is 250 cm³/mol. The van der Waals surface area contributed by atoms with E-state index in [0.29, 0.717) is 12.6 Å². The molecule has 2 saturated heterocycles. The Morgan fingerprint density at radius 3 is 1.38 bits per heavy atom. The van der Waals surface area contributed by atoms with E-state index in [1.807, 2.05) is 111 Å². The van der Waals surface area contributed by atoms with Gasteiger partial charge in [-0.1, -0.05) is 18.7 Å². The number of hydrogen-bond donors (Lipinski definition) is 0. The molecule has 0 radical (unpaired) electrons. The lowest BCUT2D eigenvalue weighted by atomic mass is 10.2. The molecule has 0 N–H and O–H groups in total. The Kier molecular flexibility index (Phi) is 26.7. The molecule has 8 rings (SSSR count). The molecule has 2 amide bonds. The minimum Gasteiger partial charge on any atom is -0.457 e.